The minimum Gasteiger partial charge on any atom is -0.481 e. The van der Waals surface area contributed by atoms with E-state index < -0.39 is 11.9 Å². The number of carbonyl (C=O) groups excluding carboxylic acids is 1. The Kier molecular flexibility index (Phi) is 4.68. The van der Waals surface area contributed by atoms with Gasteiger partial charge in [-0.1, -0.05) is 18.2 Å². The van der Waals surface area contributed by atoms with Gasteiger partial charge in [0.1, 0.15) is 5.92 Å². The third kappa shape index (κ3) is 3.33. The van der Waals surface area contributed by atoms with Crippen molar-refractivity contribution in [3.05, 3.63) is 34.9 Å². The van der Waals surface area contributed by atoms with Crippen molar-refractivity contribution >= 4 is 28.3 Å². The van der Waals surface area contributed by atoms with E-state index in [-0.39, 0.29) is 5.91 Å². The van der Waals surface area contributed by atoms with Crippen LogP contribution in [0.5, 0.6) is 0 Å². The Labute approximate surface area is 121 Å². The van der Waals surface area contributed by atoms with E-state index >= 15 is 0 Å². The lowest BCUT2D eigenvalue weighted by molar-refractivity contribution is -0.139. The van der Waals surface area contributed by atoms with E-state index in [4.69, 9.17) is 0 Å². The minimum absolute atomic E-state index is 0.263. The van der Waals surface area contributed by atoms with Crippen LogP contribution in [0, 0.1) is 0 Å². The number of fused-ring (bicyclic) bond motifs is 1. The fourth-order valence-electron chi connectivity index (χ4n) is 2.11. The Hall–Kier alpha value is -1.95. The molecule has 5 nitrogen and oxygen atoms in total. The number of carboxylic acids is 1. The van der Waals surface area contributed by atoms with Gasteiger partial charge >= 0.3 is 5.97 Å². The highest BCUT2D eigenvalue weighted by Gasteiger charge is 2.30. The van der Waals surface area contributed by atoms with Gasteiger partial charge < -0.3 is 5.11 Å². The van der Waals surface area contributed by atoms with Crippen LogP contribution in [-0.2, 0) is 16.0 Å². The largest absolute Gasteiger partial charge is 0.481 e. The molecule has 0 bridgehead atoms. The van der Waals surface area contributed by atoms with Crippen molar-refractivity contribution in [1.29, 1.82) is 0 Å². The lowest BCUT2D eigenvalue weighted by Crippen LogP contribution is -2.17. The minimum atomic E-state index is -0.845. The van der Waals surface area contributed by atoms with E-state index in [1.807, 2.05) is 13.0 Å². The van der Waals surface area contributed by atoms with Gasteiger partial charge in [0.2, 0.25) is 5.91 Å². The monoisotopic (exact) mass is 292 g/mol. The van der Waals surface area contributed by atoms with Crippen molar-refractivity contribution < 1.29 is 14.7 Å². The van der Waals surface area contributed by atoms with Crippen molar-refractivity contribution in [2.45, 2.75) is 32.1 Å². The Balaban J connectivity index is 2.12. The first-order valence-corrected chi connectivity index (χ1v) is 7.26. The van der Waals surface area contributed by atoms with Crippen molar-refractivity contribution in [2.24, 2.45) is 0 Å². The highest BCUT2D eigenvalue weighted by molar-refractivity contribution is 7.15. The first kappa shape index (κ1) is 14.5. The molecule has 6 heteroatoms. The third-order valence-corrected chi connectivity index (χ3v) is 4.08. The maximum atomic E-state index is 11.6. The van der Waals surface area contributed by atoms with Gasteiger partial charge in [0.05, 0.1) is 5.69 Å². The van der Waals surface area contributed by atoms with Gasteiger partial charge in [0.15, 0.2) is 5.13 Å². The number of aliphatic carboxylic acids is 1. The van der Waals surface area contributed by atoms with Gasteiger partial charge in [0.25, 0.3) is 0 Å². The molecule has 20 heavy (non-hydrogen) atoms. The summed E-state index contributed by atoms with van der Waals surface area (Å²) in [5, 5.41) is 12.3. The number of nitrogens with one attached hydrogen (secondary N) is 1. The molecule has 106 valence electrons. The first-order chi connectivity index (χ1) is 9.61. The Bertz CT molecular complexity index is 575. The SMILES string of the molecule is C/C=C/C=C/C(=O)Nc1nc2c(s1)CCCC2C(=O)O. The van der Waals surface area contributed by atoms with Crippen LogP contribution in [0.1, 0.15) is 36.3 Å². The molecule has 0 fully saturated rings. The zero-order chi connectivity index (χ0) is 14.5. The number of carbonyl (C=O) groups is 2. The van der Waals surface area contributed by atoms with E-state index in [0.717, 1.165) is 17.7 Å². The van der Waals surface area contributed by atoms with E-state index in [0.29, 0.717) is 17.2 Å². The molecule has 1 aliphatic carbocycles. The van der Waals surface area contributed by atoms with Gasteiger partial charge in [-0.2, -0.15) is 0 Å². The number of amides is 1. The maximum Gasteiger partial charge on any atom is 0.312 e. The number of thiazole rings is 1. The van der Waals surface area contributed by atoms with Gasteiger partial charge in [0, 0.05) is 11.0 Å². The normalized spacial score (nSPS) is 18.4. The average molecular weight is 292 g/mol. The van der Waals surface area contributed by atoms with Crippen molar-refractivity contribution in [2.75, 3.05) is 5.32 Å². The van der Waals surface area contributed by atoms with Gasteiger partial charge in [-0.15, -0.1) is 11.3 Å². The summed E-state index contributed by atoms with van der Waals surface area (Å²) in [6.45, 7) is 1.86. The second-order valence-corrected chi connectivity index (χ2v) is 5.57. The quantitative estimate of drug-likeness (QED) is 0.660. The van der Waals surface area contributed by atoms with Gasteiger partial charge in [-0.25, -0.2) is 4.98 Å². The van der Waals surface area contributed by atoms with Crippen molar-refractivity contribution in [3.8, 4) is 0 Å². The molecular weight excluding hydrogens is 276 g/mol. The Morgan fingerprint density at radius 2 is 2.25 bits per heavy atom. The van der Waals surface area contributed by atoms with Crippen LogP contribution in [0.15, 0.2) is 24.3 Å². The zero-order valence-corrected chi connectivity index (χ0v) is 11.9. The fraction of sp³-hybridized carbons (Fsp3) is 0.357. The van der Waals surface area contributed by atoms with Gasteiger partial charge in [-0.05, 0) is 26.2 Å². The molecule has 1 amide bonds. The molecule has 1 atom stereocenters. The molecule has 0 aliphatic heterocycles. The van der Waals surface area contributed by atoms with Crippen LogP contribution in [0.2, 0.25) is 0 Å². The van der Waals surface area contributed by atoms with Crippen molar-refractivity contribution in [3.63, 3.8) is 0 Å². The number of hydrogen-bond acceptors (Lipinski definition) is 4. The van der Waals surface area contributed by atoms with Crippen LogP contribution >= 0.6 is 11.3 Å². The lowest BCUT2D eigenvalue weighted by atomic mass is 9.91. The predicted molar refractivity (Wildman–Crippen MR) is 78.0 cm³/mol. The molecule has 1 heterocycles. The molecule has 0 saturated carbocycles. The van der Waals surface area contributed by atoms with E-state index in [2.05, 4.69) is 10.3 Å². The van der Waals surface area contributed by atoms with E-state index in [9.17, 15) is 14.7 Å². The second kappa shape index (κ2) is 6.47. The number of aromatic nitrogens is 1. The van der Waals surface area contributed by atoms with Crippen LogP contribution in [-0.4, -0.2) is 22.0 Å². The fourth-order valence-corrected chi connectivity index (χ4v) is 3.18. The smallest absolute Gasteiger partial charge is 0.312 e. The van der Waals surface area contributed by atoms with E-state index in [1.165, 1.54) is 17.4 Å². The zero-order valence-electron chi connectivity index (χ0n) is 11.1. The Morgan fingerprint density at radius 3 is 2.95 bits per heavy atom. The third-order valence-electron chi connectivity index (χ3n) is 3.03. The molecule has 0 aromatic carbocycles. The van der Waals surface area contributed by atoms with Crippen LogP contribution in [0.25, 0.3) is 0 Å². The molecule has 1 aromatic rings. The summed E-state index contributed by atoms with van der Waals surface area (Å²) in [5.74, 6) is -1.65. The Morgan fingerprint density at radius 1 is 1.45 bits per heavy atom. The number of rotatable bonds is 4. The summed E-state index contributed by atoms with van der Waals surface area (Å²) in [6.07, 6.45) is 8.93. The molecule has 1 aliphatic rings. The summed E-state index contributed by atoms with van der Waals surface area (Å²) in [4.78, 5) is 28.1. The summed E-state index contributed by atoms with van der Waals surface area (Å²) < 4.78 is 0. The number of carboxylic acid groups (broad SMARTS) is 1. The number of allylic oxidation sites excluding steroid dienone is 3. The summed E-state index contributed by atoms with van der Waals surface area (Å²) in [5.41, 5.74) is 0.612. The molecule has 2 rings (SSSR count). The molecular formula is C14H16N2O3S. The molecule has 0 saturated heterocycles. The molecule has 1 unspecified atom stereocenters. The summed E-state index contributed by atoms with van der Waals surface area (Å²) >= 11 is 1.37. The topological polar surface area (TPSA) is 79.3 Å². The van der Waals surface area contributed by atoms with Crippen LogP contribution in [0.3, 0.4) is 0 Å². The number of nitrogens with zero attached hydrogens (tertiary/aromatic N) is 1. The lowest BCUT2D eigenvalue weighted by Gasteiger charge is -2.16. The number of hydrogen-bond donors (Lipinski definition) is 2. The number of aryl methyl sites for hydroxylation is 1. The maximum absolute atomic E-state index is 11.6. The highest BCUT2D eigenvalue weighted by Crippen LogP contribution is 2.36. The molecule has 1 aromatic heterocycles. The van der Waals surface area contributed by atoms with Crippen molar-refractivity contribution in [1.82, 2.24) is 4.98 Å². The molecule has 0 spiro atoms. The summed E-state index contributed by atoms with van der Waals surface area (Å²) in [7, 11) is 0. The highest BCUT2D eigenvalue weighted by atomic mass is 32.1. The standard InChI is InChI=1S/C14H16N2O3S/c1-2-3-4-8-11(17)15-14-16-12-9(13(18)19)6-5-7-10(12)20-14/h2-4,8-9H,5-7H2,1H3,(H,18,19)(H,15,16,17)/b3-2+,8-4+. The molecule has 0 radical (unpaired) electrons. The second-order valence-electron chi connectivity index (χ2n) is 4.48. The molecule has 2 N–H and O–H groups in total. The first-order valence-electron chi connectivity index (χ1n) is 6.44. The van der Waals surface area contributed by atoms with Crippen LogP contribution in [0.4, 0.5) is 5.13 Å². The number of anilines is 1. The average Bonchev–Trinajstić information content (AvgIpc) is 2.80. The van der Waals surface area contributed by atoms with Gasteiger partial charge in [-0.3, -0.25) is 14.9 Å². The van der Waals surface area contributed by atoms with Crippen LogP contribution < -0.4 is 5.32 Å². The van der Waals surface area contributed by atoms with E-state index in [1.54, 1.807) is 12.2 Å². The predicted octanol–water partition coefficient (Wildman–Crippen LogP) is 2.72. The summed E-state index contributed by atoms with van der Waals surface area (Å²) in [6, 6.07) is 0.